The lowest BCUT2D eigenvalue weighted by Crippen LogP contribution is -2.36. The molecule has 2 unspecified atom stereocenters. The molecule has 1 aliphatic carbocycles. The summed E-state index contributed by atoms with van der Waals surface area (Å²) in [7, 11) is 4.61. The molecular weight excluding hydrogens is 538 g/mol. The molecule has 208 valence electrons. The van der Waals surface area contributed by atoms with Crippen LogP contribution in [0.4, 0.5) is 0 Å². The van der Waals surface area contributed by atoms with Gasteiger partial charge >= 0.3 is 5.97 Å². The number of thioether (sulfide) groups is 1. The van der Waals surface area contributed by atoms with E-state index in [1.807, 2.05) is 31.2 Å². The first-order valence-electron chi connectivity index (χ1n) is 12.9. The van der Waals surface area contributed by atoms with Crippen LogP contribution in [0, 0.1) is 0 Å². The highest BCUT2D eigenvalue weighted by molar-refractivity contribution is 7.99. The van der Waals surface area contributed by atoms with E-state index >= 15 is 0 Å². The number of ether oxygens (including phenoxy) is 4. The van der Waals surface area contributed by atoms with E-state index in [2.05, 4.69) is 12.2 Å². The molecule has 39 heavy (non-hydrogen) atoms. The number of halogens is 1. The molecule has 4 rings (SSSR count). The predicted octanol–water partition coefficient (Wildman–Crippen LogP) is 6.02. The first-order valence-corrected chi connectivity index (χ1v) is 14.4. The van der Waals surface area contributed by atoms with Crippen molar-refractivity contribution in [2.24, 2.45) is 0 Å². The van der Waals surface area contributed by atoms with Crippen molar-refractivity contribution in [3.63, 3.8) is 0 Å². The van der Waals surface area contributed by atoms with E-state index in [1.165, 1.54) is 21.3 Å². The minimum Gasteiger partial charge on any atom is -0.493 e. The highest BCUT2D eigenvalue weighted by Gasteiger charge is 2.42. The molecule has 9 heteroatoms. The maximum Gasteiger partial charge on any atom is 0.336 e. The smallest absolute Gasteiger partial charge is 0.336 e. The van der Waals surface area contributed by atoms with Crippen molar-refractivity contribution in [1.29, 1.82) is 0 Å². The number of carbonyl (C=O) groups excluding carboxylic acids is 2. The van der Waals surface area contributed by atoms with Crippen molar-refractivity contribution < 1.29 is 28.5 Å². The molecule has 2 aromatic rings. The third-order valence-corrected chi connectivity index (χ3v) is 8.29. The van der Waals surface area contributed by atoms with Crippen LogP contribution in [0.25, 0.3) is 0 Å². The molecule has 0 saturated carbocycles. The van der Waals surface area contributed by atoms with E-state index in [0.717, 1.165) is 17.0 Å². The Morgan fingerprint density at radius 1 is 1.08 bits per heavy atom. The topological polar surface area (TPSA) is 83.1 Å². The summed E-state index contributed by atoms with van der Waals surface area (Å²) in [5.74, 6) is 1.70. The second-order valence-electron chi connectivity index (χ2n) is 9.33. The number of allylic oxidation sites excluding steroid dienone is 3. The molecule has 0 fully saturated rings. The Labute approximate surface area is 238 Å². The number of esters is 1. The molecule has 1 aliphatic heterocycles. The van der Waals surface area contributed by atoms with Crippen LogP contribution in [0.2, 0.25) is 5.02 Å². The molecule has 0 saturated heterocycles. The van der Waals surface area contributed by atoms with Crippen LogP contribution in [-0.4, -0.2) is 51.2 Å². The molecule has 2 atom stereocenters. The highest BCUT2D eigenvalue weighted by atomic mass is 35.5. The second kappa shape index (κ2) is 12.8. The van der Waals surface area contributed by atoms with Gasteiger partial charge in [-0.25, -0.2) is 4.79 Å². The minimum atomic E-state index is -0.666. The summed E-state index contributed by atoms with van der Waals surface area (Å²) in [6.07, 6.45) is 0.859. The van der Waals surface area contributed by atoms with Crippen LogP contribution >= 0.6 is 23.4 Å². The lowest BCUT2D eigenvalue weighted by atomic mass is 9.71. The lowest BCUT2D eigenvalue weighted by Gasteiger charge is -2.37. The van der Waals surface area contributed by atoms with Gasteiger partial charge in [0.05, 0.1) is 26.9 Å². The third-order valence-electron chi connectivity index (χ3n) is 7.08. The van der Waals surface area contributed by atoms with Gasteiger partial charge in [-0.1, -0.05) is 36.7 Å². The van der Waals surface area contributed by atoms with Gasteiger partial charge in [0, 0.05) is 40.1 Å². The maximum absolute atomic E-state index is 13.9. The molecule has 2 aliphatic rings. The highest BCUT2D eigenvalue weighted by Crippen LogP contribution is 2.49. The molecule has 0 aromatic heterocycles. The molecule has 0 spiro atoms. The molecular formula is C30H34ClNO6S. The molecule has 0 amide bonds. The monoisotopic (exact) mass is 571 g/mol. The number of carbonyl (C=O) groups is 2. The minimum absolute atomic E-state index is 0.0493. The Morgan fingerprint density at radius 2 is 1.77 bits per heavy atom. The number of hydrogen-bond acceptors (Lipinski definition) is 8. The van der Waals surface area contributed by atoms with E-state index in [0.29, 0.717) is 56.9 Å². The number of Topliss-reactive ketones (excluding diaryl/α,β-unsaturated/α-hetero) is 1. The van der Waals surface area contributed by atoms with Gasteiger partial charge in [-0.3, -0.25) is 4.79 Å². The summed E-state index contributed by atoms with van der Waals surface area (Å²) in [4.78, 5) is 27.4. The SMILES string of the molecule is CCSCCOC(=O)C1=C(C)NC2=C(C(=O)CC(c3ccccc3Cl)C2)C1c1cc(OC)c(OC)c(OC)c1. The van der Waals surface area contributed by atoms with Gasteiger partial charge in [-0.15, -0.1) is 0 Å². The maximum atomic E-state index is 13.9. The Balaban J connectivity index is 1.83. The Kier molecular flexibility index (Phi) is 9.51. The van der Waals surface area contributed by atoms with Crippen molar-refractivity contribution in [2.75, 3.05) is 39.4 Å². The van der Waals surface area contributed by atoms with Crippen molar-refractivity contribution >= 4 is 35.1 Å². The van der Waals surface area contributed by atoms with Crippen molar-refractivity contribution in [3.05, 3.63) is 75.1 Å². The summed E-state index contributed by atoms with van der Waals surface area (Å²) in [6.45, 7) is 4.18. The fraction of sp³-hybridized carbons (Fsp3) is 0.400. The Bertz CT molecular complexity index is 1300. The van der Waals surface area contributed by atoms with Crippen LogP contribution in [0.5, 0.6) is 17.2 Å². The van der Waals surface area contributed by atoms with E-state index < -0.39 is 11.9 Å². The zero-order valence-electron chi connectivity index (χ0n) is 22.9. The van der Waals surface area contributed by atoms with E-state index in [9.17, 15) is 9.59 Å². The third kappa shape index (κ3) is 5.92. The zero-order chi connectivity index (χ0) is 28.1. The Hall–Kier alpha value is -3.10. The predicted molar refractivity (Wildman–Crippen MR) is 154 cm³/mol. The van der Waals surface area contributed by atoms with Gasteiger partial charge in [0.25, 0.3) is 0 Å². The van der Waals surface area contributed by atoms with Crippen LogP contribution in [0.15, 0.2) is 58.9 Å². The molecule has 0 radical (unpaired) electrons. The van der Waals surface area contributed by atoms with Gasteiger partial charge in [0.1, 0.15) is 6.61 Å². The standard InChI is InChI=1S/C30H34ClNO6S/c1-6-39-12-11-38-30(34)26-17(2)32-22-13-18(20-9-7-8-10-21(20)31)14-23(33)28(22)27(26)19-15-24(35-3)29(37-5)25(16-19)36-4/h7-10,15-16,18,27,32H,6,11-14H2,1-5H3. The summed E-state index contributed by atoms with van der Waals surface area (Å²) < 4.78 is 22.4. The molecule has 7 nitrogen and oxygen atoms in total. The number of rotatable bonds is 10. The Morgan fingerprint density at radius 3 is 2.38 bits per heavy atom. The molecule has 1 N–H and O–H groups in total. The van der Waals surface area contributed by atoms with Gasteiger partial charge in [-0.05, 0) is 54.3 Å². The number of benzene rings is 2. The number of dihydropyridines is 1. The van der Waals surface area contributed by atoms with Crippen molar-refractivity contribution in [1.82, 2.24) is 5.32 Å². The van der Waals surface area contributed by atoms with Gasteiger partial charge < -0.3 is 24.3 Å². The first kappa shape index (κ1) is 28.9. The largest absolute Gasteiger partial charge is 0.493 e. The summed E-state index contributed by atoms with van der Waals surface area (Å²) >= 11 is 8.20. The fourth-order valence-electron chi connectivity index (χ4n) is 5.35. The number of ketones is 1. The fourth-order valence-corrected chi connectivity index (χ4v) is 6.13. The molecule has 2 aromatic carbocycles. The second-order valence-corrected chi connectivity index (χ2v) is 11.1. The summed E-state index contributed by atoms with van der Waals surface area (Å²) in [6, 6.07) is 11.2. The van der Waals surface area contributed by atoms with Crippen molar-refractivity contribution in [2.45, 2.75) is 38.5 Å². The number of nitrogens with one attached hydrogen (secondary N) is 1. The zero-order valence-corrected chi connectivity index (χ0v) is 24.5. The lowest BCUT2D eigenvalue weighted by molar-refractivity contribution is -0.138. The number of methoxy groups -OCH3 is 3. The normalized spacial score (nSPS) is 18.9. The van der Waals surface area contributed by atoms with Gasteiger partial charge in [0.2, 0.25) is 5.75 Å². The van der Waals surface area contributed by atoms with E-state index in [-0.39, 0.29) is 24.7 Å². The first-order chi connectivity index (χ1) is 18.8. The summed E-state index contributed by atoms with van der Waals surface area (Å²) in [5, 5.41) is 4.02. The summed E-state index contributed by atoms with van der Waals surface area (Å²) in [5.41, 5.74) is 3.99. The van der Waals surface area contributed by atoms with E-state index in [4.69, 9.17) is 30.5 Å². The van der Waals surface area contributed by atoms with Crippen LogP contribution in [0.3, 0.4) is 0 Å². The molecule has 0 bridgehead atoms. The quantitative estimate of drug-likeness (QED) is 0.274. The average molecular weight is 572 g/mol. The number of hydrogen-bond donors (Lipinski definition) is 1. The average Bonchev–Trinajstić information content (AvgIpc) is 2.93. The van der Waals surface area contributed by atoms with Crippen LogP contribution < -0.4 is 19.5 Å². The van der Waals surface area contributed by atoms with Crippen LogP contribution in [-0.2, 0) is 14.3 Å². The van der Waals surface area contributed by atoms with Gasteiger partial charge in [-0.2, -0.15) is 11.8 Å². The molecule has 1 heterocycles. The van der Waals surface area contributed by atoms with Crippen LogP contribution in [0.1, 0.15) is 49.7 Å². The van der Waals surface area contributed by atoms with Crippen molar-refractivity contribution in [3.8, 4) is 17.2 Å². The van der Waals surface area contributed by atoms with E-state index in [1.54, 1.807) is 23.9 Å². The van der Waals surface area contributed by atoms with Gasteiger partial charge in [0.15, 0.2) is 17.3 Å².